The molecule has 0 aliphatic rings. The summed E-state index contributed by atoms with van der Waals surface area (Å²) in [5.74, 6) is 0. The average molecular weight is 292 g/mol. The van der Waals surface area contributed by atoms with Crippen molar-refractivity contribution in [2.75, 3.05) is 0 Å². The Morgan fingerprint density at radius 1 is 0.789 bits per heavy atom. The molecule has 0 fully saturated rings. The lowest BCUT2D eigenvalue weighted by Gasteiger charge is -2.24. The zero-order valence-electron chi connectivity index (χ0n) is 11.2. The first kappa shape index (κ1) is 12.8. The van der Waals surface area contributed by atoms with E-state index in [0.717, 1.165) is 20.8 Å². The Kier molecular flexibility index (Phi) is 2.81. The van der Waals surface area contributed by atoms with Gasteiger partial charge in [-0.1, -0.05) is 23.2 Å². The van der Waals surface area contributed by atoms with Crippen molar-refractivity contribution in [3.63, 3.8) is 0 Å². The highest BCUT2D eigenvalue weighted by Crippen LogP contribution is 2.36. The van der Waals surface area contributed by atoms with Gasteiger partial charge >= 0.3 is 0 Å². The molecule has 0 spiro atoms. The number of fused-ring (bicyclic) bond motifs is 3. The van der Waals surface area contributed by atoms with Gasteiger partial charge in [-0.05, 0) is 57.2 Å². The molecule has 0 aliphatic carbocycles. The predicted octanol–water partition coefficient (Wildman–Crippen LogP) is 5.86. The van der Waals surface area contributed by atoms with E-state index in [1.54, 1.807) is 0 Å². The third-order valence-electron chi connectivity index (χ3n) is 3.36. The molecule has 0 amide bonds. The number of hydrogen-bond acceptors (Lipinski definition) is 0. The quantitative estimate of drug-likeness (QED) is 0.489. The van der Waals surface area contributed by atoms with E-state index in [0.29, 0.717) is 0 Å². The molecule has 3 aromatic rings. The highest BCUT2D eigenvalue weighted by Gasteiger charge is 2.20. The lowest BCUT2D eigenvalue weighted by atomic mass is 10.1. The van der Waals surface area contributed by atoms with E-state index < -0.39 is 0 Å². The van der Waals surface area contributed by atoms with Gasteiger partial charge in [0.2, 0.25) is 0 Å². The molecule has 0 atom stereocenters. The molecular formula is C16H15Cl2N. The molecule has 1 heterocycles. The van der Waals surface area contributed by atoms with Gasteiger partial charge in [0, 0.05) is 37.4 Å². The SMILES string of the molecule is CC(C)(C)n1c2ccc(Cl)cc2c2cc(Cl)ccc21. The molecular weight excluding hydrogens is 277 g/mol. The van der Waals surface area contributed by atoms with Crippen molar-refractivity contribution in [1.29, 1.82) is 0 Å². The van der Waals surface area contributed by atoms with Crippen molar-refractivity contribution in [2.24, 2.45) is 0 Å². The number of hydrogen-bond donors (Lipinski definition) is 0. The maximum Gasteiger partial charge on any atom is 0.0497 e. The Labute approximate surface area is 122 Å². The molecule has 0 N–H and O–H groups in total. The van der Waals surface area contributed by atoms with Crippen LogP contribution in [0.5, 0.6) is 0 Å². The first-order chi connectivity index (χ1) is 8.88. The minimum absolute atomic E-state index is 0.00165. The minimum Gasteiger partial charge on any atom is -0.335 e. The van der Waals surface area contributed by atoms with Crippen LogP contribution in [-0.2, 0) is 5.54 Å². The highest BCUT2D eigenvalue weighted by atomic mass is 35.5. The Balaban J connectivity index is 2.58. The lowest BCUT2D eigenvalue weighted by molar-refractivity contribution is 0.423. The van der Waals surface area contributed by atoms with Gasteiger partial charge in [0.05, 0.1) is 0 Å². The van der Waals surface area contributed by atoms with Crippen molar-refractivity contribution in [2.45, 2.75) is 26.3 Å². The summed E-state index contributed by atoms with van der Waals surface area (Å²) in [5.41, 5.74) is 2.38. The van der Waals surface area contributed by atoms with E-state index in [9.17, 15) is 0 Å². The van der Waals surface area contributed by atoms with Gasteiger partial charge in [-0.2, -0.15) is 0 Å². The monoisotopic (exact) mass is 291 g/mol. The normalized spacial score (nSPS) is 12.5. The Hall–Kier alpha value is -1.18. The summed E-state index contributed by atoms with van der Waals surface area (Å²) in [7, 11) is 0. The first-order valence-electron chi connectivity index (χ1n) is 6.27. The average Bonchev–Trinajstić information content (AvgIpc) is 2.62. The molecule has 3 rings (SSSR count). The number of halogens is 2. The maximum absolute atomic E-state index is 6.14. The molecule has 19 heavy (non-hydrogen) atoms. The zero-order valence-corrected chi connectivity index (χ0v) is 12.7. The van der Waals surface area contributed by atoms with Crippen LogP contribution in [0.4, 0.5) is 0 Å². The van der Waals surface area contributed by atoms with Gasteiger partial charge in [0.25, 0.3) is 0 Å². The third kappa shape index (κ3) is 2.01. The van der Waals surface area contributed by atoms with Gasteiger partial charge in [-0.15, -0.1) is 0 Å². The van der Waals surface area contributed by atoms with Gasteiger partial charge in [-0.25, -0.2) is 0 Å². The molecule has 98 valence electrons. The van der Waals surface area contributed by atoms with Crippen molar-refractivity contribution >= 4 is 45.0 Å². The van der Waals surface area contributed by atoms with Crippen molar-refractivity contribution < 1.29 is 0 Å². The van der Waals surface area contributed by atoms with E-state index in [1.807, 2.05) is 24.3 Å². The largest absolute Gasteiger partial charge is 0.335 e. The van der Waals surface area contributed by atoms with Gasteiger partial charge in [-0.3, -0.25) is 0 Å². The van der Waals surface area contributed by atoms with Gasteiger partial charge in [0.15, 0.2) is 0 Å². The first-order valence-corrected chi connectivity index (χ1v) is 7.03. The summed E-state index contributed by atoms with van der Waals surface area (Å²) in [6.07, 6.45) is 0. The number of nitrogens with zero attached hydrogens (tertiary/aromatic N) is 1. The molecule has 1 aromatic heterocycles. The third-order valence-corrected chi connectivity index (χ3v) is 3.83. The second kappa shape index (κ2) is 4.16. The topological polar surface area (TPSA) is 4.93 Å². The van der Waals surface area contributed by atoms with Crippen LogP contribution in [0.15, 0.2) is 36.4 Å². The standard InChI is InChI=1S/C16H15Cl2N/c1-16(2,3)19-14-6-4-10(17)8-12(14)13-9-11(18)5-7-15(13)19/h4-9H,1-3H3. The van der Waals surface area contributed by atoms with Crippen LogP contribution in [0.25, 0.3) is 21.8 Å². The molecule has 0 unspecified atom stereocenters. The molecule has 1 nitrogen and oxygen atoms in total. The van der Waals surface area contributed by atoms with Crippen LogP contribution in [0.3, 0.4) is 0 Å². The predicted molar refractivity (Wildman–Crippen MR) is 84.5 cm³/mol. The van der Waals surface area contributed by atoms with Crippen molar-refractivity contribution in [3.05, 3.63) is 46.4 Å². The van der Waals surface area contributed by atoms with Crippen LogP contribution in [0, 0.1) is 0 Å². The summed E-state index contributed by atoms with van der Waals surface area (Å²) in [6, 6.07) is 12.1. The molecule has 0 saturated heterocycles. The van der Waals surface area contributed by atoms with E-state index >= 15 is 0 Å². The van der Waals surface area contributed by atoms with E-state index in [4.69, 9.17) is 23.2 Å². The molecule has 0 radical (unpaired) electrons. The summed E-state index contributed by atoms with van der Waals surface area (Å²) >= 11 is 12.3. The Morgan fingerprint density at radius 2 is 1.21 bits per heavy atom. The zero-order chi connectivity index (χ0) is 13.8. The minimum atomic E-state index is 0.00165. The van der Waals surface area contributed by atoms with Crippen LogP contribution < -0.4 is 0 Å². The second-order valence-electron chi connectivity index (χ2n) is 5.83. The van der Waals surface area contributed by atoms with Crippen LogP contribution in [0.2, 0.25) is 10.0 Å². The summed E-state index contributed by atoms with van der Waals surface area (Å²) < 4.78 is 2.34. The fraction of sp³-hybridized carbons (Fsp3) is 0.250. The fourth-order valence-electron chi connectivity index (χ4n) is 2.69. The van der Waals surface area contributed by atoms with Gasteiger partial charge in [0.1, 0.15) is 0 Å². The summed E-state index contributed by atoms with van der Waals surface area (Å²) in [6.45, 7) is 6.61. The smallest absolute Gasteiger partial charge is 0.0497 e. The fourth-order valence-corrected chi connectivity index (χ4v) is 3.03. The highest BCUT2D eigenvalue weighted by molar-refractivity contribution is 6.33. The molecule has 3 heteroatoms. The second-order valence-corrected chi connectivity index (χ2v) is 6.70. The van der Waals surface area contributed by atoms with E-state index in [1.165, 1.54) is 11.0 Å². The van der Waals surface area contributed by atoms with Crippen molar-refractivity contribution in [3.8, 4) is 0 Å². The van der Waals surface area contributed by atoms with Crippen LogP contribution in [0.1, 0.15) is 20.8 Å². The Bertz CT molecular complexity index is 719. The maximum atomic E-state index is 6.14. The number of aromatic nitrogens is 1. The van der Waals surface area contributed by atoms with Crippen LogP contribution >= 0.6 is 23.2 Å². The molecule has 0 bridgehead atoms. The van der Waals surface area contributed by atoms with Crippen molar-refractivity contribution in [1.82, 2.24) is 4.57 Å². The number of benzene rings is 2. The lowest BCUT2D eigenvalue weighted by Crippen LogP contribution is -2.21. The number of rotatable bonds is 0. The molecule has 0 saturated carbocycles. The molecule has 0 aliphatic heterocycles. The molecule has 2 aromatic carbocycles. The van der Waals surface area contributed by atoms with Crippen LogP contribution in [-0.4, -0.2) is 4.57 Å². The Morgan fingerprint density at radius 3 is 1.58 bits per heavy atom. The summed E-state index contributed by atoms with van der Waals surface area (Å²) in [5, 5.41) is 3.81. The summed E-state index contributed by atoms with van der Waals surface area (Å²) in [4.78, 5) is 0. The van der Waals surface area contributed by atoms with E-state index in [2.05, 4.69) is 37.5 Å². The van der Waals surface area contributed by atoms with E-state index in [-0.39, 0.29) is 5.54 Å². The van der Waals surface area contributed by atoms with Gasteiger partial charge < -0.3 is 4.57 Å².